The summed E-state index contributed by atoms with van der Waals surface area (Å²) in [7, 11) is 0. The molecule has 3 aromatic rings. The number of thiophene rings is 1. The third-order valence-electron chi connectivity index (χ3n) is 4.75. The number of benzene rings is 1. The lowest BCUT2D eigenvalue weighted by molar-refractivity contribution is -0.384. The van der Waals surface area contributed by atoms with E-state index >= 15 is 0 Å². The van der Waals surface area contributed by atoms with E-state index in [1.165, 1.54) is 47.2 Å². The van der Waals surface area contributed by atoms with Gasteiger partial charge in [0.25, 0.3) is 5.69 Å². The van der Waals surface area contributed by atoms with Crippen LogP contribution in [0.15, 0.2) is 29.6 Å². The van der Waals surface area contributed by atoms with Gasteiger partial charge in [0.1, 0.15) is 16.2 Å². The van der Waals surface area contributed by atoms with Crippen molar-refractivity contribution in [2.75, 3.05) is 11.1 Å². The van der Waals surface area contributed by atoms with Crippen LogP contribution in [0, 0.1) is 17.0 Å². The van der Waals surface area contributed by atoms with Gasteiger partial charge in [0.2, 0.25) is 5.91 Å². The van der Waals surface area contributed by atoms with Gasteiger partial charge in [0.05, 0.1) is 10.7 Å². The van der Waals surface area contributed by atoms with E-state index in [0.717, 1.165) is 28.1 Å². The van der Waals surface area contributed by atoms with Crippen LogP contribution in [0.25, 0.3) is 10.2 Å². The van der Waals surface area contributed by atoms with Gasteiger partial charge < -0.3 is 5.32 Å². The first-order valence-corrected chi connectivity index (χ1v) is 10.8. The highest BCUT2D eigenvalue weighted by Gasteiger charge is 2.20. The van der Waals surface area contributed by atoms with Gasteiger partial charge in [-0.15, -0.1) is 11.3 Å². The minimum absolute atomic E-state index is 0.00971. The van der Waals surface area contributed by atoms with Crippen molar-refractivity contribution in [2.24, 2.45) is 0 Å². The van der Waals surface area contributed by atoms with E-state index in [0.29, 0.717) is 11.3 Å². The summed E-state index contributed by atoms with van der Waals surface area (Å²) in [5.74, 6) is 0.0467. The van der Waals surface area contributed by atoms with Crippen LogP contribution in [-0.4, -0.2) is 26.6 Å². The number of nitro groups is 1. The van der Waals surface area contributed by atoms with Crippen LogP contribution in [0.2, 0.25) is 0 Å². The van der Waals surface area contributed by atoms with Crippen LogP contribution in [0.3, 0.4) is 0 Å². The summed E-state index contributed by atoms with van der Waals surface area (Å²) >= 11 is 3.14. The quantitative estimate of drug-likeness (QED) is 0.285. The summed E-state index contributed by atoms with van der Waals surface area (Å²) < 4.78 is 0. The maximum Gasteiger partial charge on any atom is 0.269 e. The van der Waals surface area contributed by atoms with E-state index in [-0.39, 0.29) is 17.3 Å². The van der Waals surface area contributed by atoms with Crippen molar-refractivity contribution in [2.45, 2.75) is 37.6 Å². The first kappa shape index (κ1) is 18.8. The zero-order valence-corrected chi connectivity index (χ0v) is 16.9. The lowest BCUT2D eigenvalue weighted by Gasteiger charge is -2.11. The van der Waals surface area contributed by atoms with Gasteiger partial charge in [-0.25, -0.2) is 9.97 Å². The molecule has 7 nitrogen and oxygen atoms in total. The average molecular weight is 415 g/mol. The summed E-state index contributed by atoms with van der Waals surface area (Å²) in [4.78, 5) is 34.0. The number of nitro benzene ring substituents is 1. The molecule has 28 heavy (non-hydrogen) atoms. The molecule has 0 radical (unpaired) electrons. The number of aromatic nitrogens is 2. The van der Waals surface area contributed by atoms with Crippen molar-refractivity contribution < 1.29 is 9.72 Å². The Morgan fingerprint density at radius 2 is 2.14 bits per heavy atom. The number of hydrogen-bond acceptors (Lipinski definition) is 7. The number of fused-ring (bicyclic) bond motifs is 3. The van der Waals surface area contributed by atoms with Crippen LogP contribution < -0.4 is 5.32 Å². The molecule has 1 aromatic carbocycles. The van der Waals surface area contributed by atoms with E-state index in [2.05, 4.69) is 15.3 Å². The molecule has 2 heterocycles. The average Bonchev–Trinajstić information content (AvgIpc) is 3.07. The molecule has 0 saturated carbocycles. The van der Waals surface area contributed by atoms with Gasteiger partial charge in [-0.1, -0.05) is 11.8 Å². The molecule has 9 heteroatoms. The molecule has 1 aliphatic carbocycles. The molecule has 2 aromatic heterocycles. The number of amides is 1. The normalized spacial score (nSPS) is 13.3. The number of rotatable bonds is 5. The Labute approximate surface area is 169 Å². The van der Waals surface area contributed by atoms with E-state index in [4.69, 9.17) is 0 Å². The topological polar surface area (TPSA) is 98.0 Å². The Hall–Kier alpha value is -2.52. The number of carbonyl (C=O) groups is 1. The van der Waals surface area contributed by atoms with Crippen molar-refractivity contribution in [1.82, 2.24) is 9.97 Å². The molecule has 1 N–H and O–H groups in total. The summed E-state index contributed by atoms with van der Waals surface area (Å²) in [5.41, 5.74) is 2.59. The molecule has 0 saturated heterocycles. The molecule has 144 valence electrons. The van der Waals surface area contributed by atoms with Crippen molar-refractivity contribution >= 4 is 50.6 Å². The fourth-order valence-electron chi connectivity index (χ4n) is 3.39. The number of thioether (sulfide) groups is 1. The number of nitrogens with one attached hydrogen (secondary N) is 1. The smallest absolute Gasteiger partial charge is 0.269 e. The molecule has 0 fully saturated rings. The predicted octanol–water partition coefficient (Wildman–Crippen LogP) is 4.52. The van der Waals surface area contributed by atoms with E-state index in [1.807, 2.05) is 0 Å². The number of anilines is 1. The Morgan fingerprint density at radius 3 is 2.93 bits per heavy atom. The zero-order chi connectivity index (χ0) is 19.7. The van der Waals surface area contributed by atoms with E-state index in [9.17, 15) is 14.9 Å². The second-order valence-corrected chi connectivity index (χ2v) is 8.71. The third kappa shape index (κ3) is 3.72. The van der Waals surface area contributed by atoms with Crippen LogP contribution in [0.4, 0.5) is 11.4 Å². The first-order chi connectivity index (χ1) is 13.5. The van der Waals surface area contributed by atoms with Crippen LogP contribution in [0.5, 0.6) is 0 Å². The molecule has 4 rings (SSSR count). The fourth-order valence-corrected chi connectivity index (χ4v) is 5.51. The molecule has 0 spiro atoms. The van der Waals surface area contributed by atoms with Crippen molar-refractivity contribution in [3.8, 4) is 0 Å². The Bertz CT molecular complexity index is 1080. The molecular formula is C19H18N4O3S2. The number of hydrogen-bond donors (Lipinski definition) is 1. The van der Waals surface area contributed by atoms with Crippen LogP contribution in [0.1, 0.15) is 28.8 Å². The summed E-state index contributed by atoms with van der Waals surface area (Å²) in [6.07, 6.45) is 6.10. The first-order valence-electron chi connectivity index (χ1n) is 8.96. The molecular weight excluding hydrogens is 396 g/mol. The number of aryl methyl sites for hydroxylation is 3. The summed E-state index contributed by atoms with van der Waals surface area (Å²) in [6, 6.07) is 4.41. The Kier molecular flexibility index (Phi) is 5.27. The Morgan fingerprint density at radius 1 is 1.32 bits per heavy atom. The number of nitrogens with zero attached hydrogens (tertiary/aromatic N) is 3. The minimum atomic E-state index is -0.448. The molecule has 1 aliphatic rings. The van der Waals surface area contributed by atoms with Gasteiger partial charge >= 0.3 is 0 Å². The summed E-state index contributed by atoms with van der Waals surface area (Å²) in [5, 5.41) is 15.6. The fraction of sp³-hybridized carbons (Fsp3) is 0.316. The van der Waals surface area contributed by atoms with Crippen LogP contribution >= 0.6 is 23.1 Å². The highest BCUT2D eigenvalue weighted by Crippen LogP contribution is 2.39. The molecule has 0 atom stereocenters. The van der Waals surface area contributed by atoms with Crippen molar-refractivity contribution in [3.63, 3.8) is 0 Å². The monoisotopic (exact) mass is 414 g/mol. The van der Waals surface area contributed by atoms with Gasteiger partial charge in [-0.3, -0.25) is 14.9 Å². The number of carbonyl (C=O) groups excluding carboxylic acids is 1. The van der Waals surface area contributed by atoms with E-state index < -0.39 is 4.92 Å². The number of non-ortho nitro benzene ring substituents is 1. The Balaban J connectivity index is 1.48. The lowest BCUT2D eigenvalue weighted by atomic mass is 9.97. The minimum Gasteiger partial charge on any atom is -0.325 e. The maximum atomic E-state index is 12.4. The molecule has 0 aliphatic heterocycles. The second-order valence-electron chi connectivity index (χ2n) is 6.66. The van der Waals surface area contributed by atoms with Crippen LogP contribution in [-0.2, 0) is 17.6 Å². The van der Waals surface area contributed by atoms with Gasteiger partial charge in [0.15, 0.2) is 0 Å². The zero-order valence-electron chi connectivity index (χ0n) is 15.2. The van der Waals surface area contributed by atoms with Crippen molar-refractivity contribution in [3.05, 3.63) is 50.6 Å². The molecule has 0 unspecified atom stereocenters. The third-order valence-corrected chi connectivity index (χ3v) is 6.94. The molecule has 1 amide bonds. The van der Waals surface area contributed by atoms with Gasteiger partial charge in [0, 0.05) is 28.1 Å². The second kappa shape index (κ2) is 7.84. The largest absolute Gasteiger partial charge is 0.325 e. The van der Waals surface area contributed by atoms with Gasteiger partial charge in [-0.05, 0) is 49.8 Å². The standard InChI is InChI=1S/C19H18N4O3S2/c1-11-8-12(23(25)26)6-7-14(11)22-16(24)9-27-18-17-13-4-2-3-5-15(13)28-19(17)21-10-20-18/h6-8,10H,2-5,9H2,1H3,(H,22,24). The highest BCUT2D eigenvalue weighted by atomic mass is 32.2. The predicted molar refractivity (Wildman–Crippen MR) is 111 cm³/mol. The van der Waals surface area contributed by atoms with Gasteiger partial charge in [-0.2, -0.15) is 0 Å². The SMILES string of the molecule is Cc1cc([N+](=O)[O-])ccc1NC(=O)CSc1ncnc2sc3c(c12)CCCC3. The summed E-state index contributed by atoms with van der Waals surface area (Å²) in [6.45, 7) is 1.74. The highest BCUT2D eigenvalue weighted by molar-refractivity contribution is 8.00. The molecule has 0 bridgehead atoms. The lowest BCUT2D eigenvalue weighted by Crippen LogP contribution is -2.15. The van der Waals surface area contributed by atoms with E-state index in [1.54, 1.807) is 30.7 Å². The van der Waals surface area contributed by atoms with Crippen molar-refractivity contribution in [1.29, 1.82) is 0 Å². The maximum absolute atomic E-state index is 12.4.